The Balaban J connectivity index is 1.38. The third-order valence-electron chi connectivity index (χ3n) is 8.36. The molecule has 9 rings (SSSR count). The van der Waals surface area contributed by atoms with Crippen molar-refractivity contribution in [2.75, 3.05) is 0 Å². The summed E-state index contributed by atoms with van der Waals surface area (Å²) < 4.78 is 10.6. The molecule has 4 heterocycles. The van der Waals surface area contributed by atoms with Crippen LogP contribution >= 0.6 is 0 Å². The lowest BCUT2D eigenvalue weighted by atomic mass is 10.1. The van der Waals surface area contributed by atoms with Crippen LogP contribution in [0.3, 0.4) is 0 Å². The fourth-order valence-electron chi connectivity index (χ4n) is 6.58. The molecule has 198 valence electrons. The fourth-order valence-corrected chi connectivity index (χ4v) is 6.58. The maximum absolute atomic E-state index is 9.56. The second-order valence-corrected chi connectivity index (χ2v) is 10.6. The molecule has 0 atom stereocenters. The zero-order valence-electron chi connectivity index (χ0n) is 22.6. The molecule has 0 saturated heterocycles. The second-order valence-electron chi connectivity index (χ2n) is 10.6. The van der Waals surface area contributed by atoms with Crippen LogP contribution in [0.4, 0.5) is 5.69 Å². The lowest BCUT2D eigenvalue weighted by Gasteiger charge is -2.11. The van der Waals surface area contributed by atoms with E-state index in [-0.39, 0.29) is 0 Å². The van der Waals surface area contributed by atoms with Crippen molar-refractivity contribution < 1.29 is 4.42 Å². The minimum absolute atomic E-state index is 0.583. The summed E-state index contributed by atoms with van der Waals surface area (Å²) in [7, 11) is 0. The first-order valence-electron chi connectivity index (χ1n) is 13.9. The van der Waals surface area contributed by atoms with E-state index in [1.165, 1.54) is 0 Å². The van der Waals surface area contributed by atoms with E-state index in [2.05, 4.69) is 44.3 Å². The first-order valence-corrected chi connectivity index (χ1v) is 13.9. The van der Waals surface area contributed by atoms with E-state index in [1.807, 2.05) is 91.0 Å². The predicted molar refractivity (Wildman–Crippen MR) is 171 cm³/mol. The Morgan fingerprint density at radius 1 is 0.605 bits per heavy atom. The van der Waals surface area contributed by atoms with E-state index >= 15 is 0 Å². The summed E-state index contributed by atoms with van der Waals surface area (Å²) in [5, 5.41) is 15.7. The van der Waals surface area contributed by atoms with E-state index in [4.69, 9.17) is 16.0 Å². The van der Waals surface area contributed by atoms with Gasteiger partial charge in [0, 0.05) is 26.9 Å². The Morgan fingerprint density at radius 2 is 1.30 bits per heavy atom. The highest BCUT2D eigenvalue weighted by atomic mass is 16.3. The molecule has 0 spiro atoms. The van der Waals surface area contributed by atoms with E-state index in [0.29, 0.717) is 11.3 Å². The van der Waals surface area contributed by atoms with Gasteiger partial charge < -0.3 is 4.42 Å². The molecule has 0 saturated carbocycles. The van der Waals surface area contributed by atoms with E-state index in [0.717, 1.165) is 77.2 Å². The highest BCUT2D eigenvalue weighted by molar-refractivity contribution is 6.27. The van der Waals surface area contributed by atoms with Crippen LogP contribution in [0.5, 0.6) is 0 Å². The van der Waals surface area contributed by atoms with Crippen molar-refractivity contribution in [3.63, 3.8) is 0 Å². The Bertz CT molecular complexity index is 2710. The van der Waals surface area contributed by atoms with Gasteiger partial charge in [-0.15, -0.1) is 0 Å². The van der Waals surface area contributed by atoms with Gasteiger partial charge in [-0.05, 0) is 72.1 Å². The Hall–Kier alpha value is -6.37. The number of fused-ring (bicyclic) bond motifs is 10. The maximum Gasteiger partial charge on any atom is 0.188 e. The quantitative estimate of drug-likeness (QED) is 0.202. The van der Waals surface area contributed by atoms with Crippen molar-refractivity contribution in [1.29, 1.82) is 5.26 Å². The van der Waals surface area contributed by atoms with Gasteiger partial charge in [0.05, 0.1) is 40.3 Å². The molecule has 9 aromatic rings. The van der Waals surface area contributed by atoms with Crippen molar-refractivity contribution in [3.8, 4) is 17.7 Å². The molecule has 5 aromatic carbocycles. The molecular weight excluding hydrogens is 530 g/mol. The number of aromatic nitrogens is 3. The standard InChI is InChI=1S/C37H19N5O/c1-39-23-14-16-30-27(20-23)36-31(17-18-33-37(36)25-8-3-5-10-32(25)43-33)42(30)35-12-6-11-34(40-35)41-28-9-4-2-7-24(28)26-19-22(21-38)13-15-29(26)41/h2-20H. The maximum atomic E-state index is 9.56. The molecule has 6 nitrogen and oxygen atoms in total. The molecule has 0 bridgehead atoms. The predicted octanol–water partition coefficient (Wildman–Crippen LogP) is 9.60. The molecule has 0 fully saturated rings. The molecule has 0 unspecified atom stereocenters. The molecule has 0 amide bonds. The highest BCUT2D eigenvalue weighted by Gasteiger charge is 2.20. The molecule has 0 aliphatic heterocycles. The first-order chi connectivity index (χ1) is 21.2. The minimum atomic E-state index is 0.583. The van der Waals surface area contributed by atoms with Gasteiger partial charge in [-0.25, -0.2) is 9.83 Å². The number of nitriles is 1. The van der Waals surface area contributed by atoms with Crippen LogP contribution in [0, 0.1) is 17.9 Å². The van der Waals surface area contributed by atoms with E-state index in [9.17, 15) is 5.26 Å². The molecule has 0 aliphatic carbocycles. The zero-order chi connectivity index (χ0) is 28.7. The van der Waals surface area contributed by atoms with Crippen molar-refractivity contribution in [1.82, 2.24) is 14.1 Å². The number of hydrogen-bond acceptors (Lipinski definition) is 3. The normalized spacial score (nSPS) is 11.7. The van der Waals surface area contributed by atoms with E-state index < -0.39 is 0 Å². The van der Waals surface area contributed by atoms with Crippen molar-refractivity contribution >= 4 is 71.2 Å². The van der Waals surface area contributed by atoms with Crippen LogP contribution in [-0.2, 0) is 0 Å². The minimum Gasteiger partial charge on any atom is -0.456 e. The van der Waals surface area contributed by atoms with Crippen LogP contribution in [0.15, 0.2) is 120 Å². The van der Waals surface area contributed by atoms with Crippen molar-refractivity contribution in [2.24, 2.45) is 0 Å². The highest BCUT2D eigenvalue weighted by Crippen LogP contribution is 2.42. The van der Waals surface area contributed by atoms with Crippen LogP contribution in [0.1, 0.15) is 5.56 Å². The Kier molecular flexibility index (Phi) is 4.65. The lowest BCUT2D eigenvalue weighted by molar-refractivity contribution is 0.669. The molecule has 4 aromatic heterocycles. The third-order valence-corrected chi connectivity index (χ3v) is 8.36. The van der Waals surface area contributed by atoms with Crippen LogP contribution < -0.4 is 0 Å². The van der Waals surface area contributed by atoms with Gasteiger partial charge in [-0.1, -0.05) is 48.5 Å². The molecular formula is C37H19N5O. The molecule has 6 heteroatoms. The zero-order valence-corrected chi connectivity index (χ0v) is 22.6. The molecule has 0 aliphatic rings. The first kappa shape index (κ1) is 23.3. The van der Waals surface area contributed by atoms with Gasteiger partial charge in [0.15, 0.2) is 5.69 Å². The number of furan rings is 1. The smallest absolute Gasteiger partial charge is 0.188 e. The average Bonchev–Trinajstić information content (AvgIpc) is 3.71. The van der Waals surface area contributed by atoms with Gasteiger partial charge in [0.2, 0.25) is 0 Å². The molecule has 43 heavy (non-hydrogen) atoms. The van der Waals surface area contributed by atoms with Gasteiger partial charge >= 0.3 is 0 Å². The lowest BCUT2D eigenvalue weighted by Crippen LogP contribution is -2.03. The van der Waals surface area contributed by atoms with E-state index in [1.54, 1.807) is 0 Å². The largest absolute Gasteiger partial charge is 0.456 e. The van der Waals surface area contributed by atoms with Gasteiger partial charge in [0.1, 0.15) is 22.8 Å². The molecule has 0 radical (unpaired) electrons. The van der Waals surface area contributed by atoms with Crippen molar-refractivity contribution in [3.05, 3.63) is 132 Å². The Labute approximate surface area is 244 Å². The third kappa shape index (κ3) is 3.18. The summed E-state index contributed by atoms with van der Waals surface area (Å²) in [6.07, 6.45) is 0. The van der Waals surface area contributed by atoms with Crippen LogP contribution in [-0.4, -0.2) is 14.1 Å². The summed E-state index contributed by atoms with van der Waals surface area (Å²) in [6.45, 7) is 7.69. The molecule has 0 N–H and O–H groups in total. The fraction of sp³-hybridized carbons (Fsp3) is 0. The summed E-state index contributed by atoms with van der Waals surface area (Å²) in [6, 6.07) is 40.3. The number of para-hydroxylation sites is 2. The topological polar surface area (TPSA) is 64.0 Å². The summed E-state index contributed by atoms with van der Waals surface area (Å²) in [4.78, 5) is 8.99. The number of pyridine rings is 1. The number of nitrogens with zero attached hydrogens (tertiary/aromatic N) is 5. The van der Waals surface area contributed by atoms with Crippen LogP contribution in [0.2, 0.25) is 0 Å². The van der Waals surface area contributed by atoms with Gasteiger partial charge in [-0.3, -0.25) is 9.13 Å². The summed E-state index contributed by atoms with van der Waals surface area (Å²) in [5.74, 6) is 1.54. The second kappa shape index (κ2) is 8.57. The average molecular weight is 550 g/mol. The SMILES string of the molecule is [C-]#[N+]c1ccc2c(c1)c1c3c(ccc1n2-c1cccc(-n2c4ccccc4c4cc(C#N)ccc42)n1)oc1ccccc13. The Morgan fingerprint density at radius 3 is 2.14 bits per heavy atom. The monoisotopic (exact) mass is 549 g/mol. The van der Waals surface area contributed by atoms with Crippen molar-refractivity contribution in [2.45, 2.75) is 0 Å². The summed E-state index contributed by atoms with van der Waals surface area (Å²) >= 11 is 0. The summed E-state index contributed by atoms with van der Waals surface area (Å²) in [5.41, 5.74) is 6.81. The van der Waals surface area contributed by atoms with Crippen LogP contribution in [0.25, 0.3) is 82.0 Å². The number of hydrogen-bond donors (Lipinski definition) is 0. The number of benzene rings is 5. The van der Waals surface area contributed by atoms with Gasteiger partial charge in [0.25, 0.3) is 0 Å². The number of rotatable bonds is 2. The van der Waals surface area contributed by atoms with Gasteiger partial charge in [-0.2, -0.15) is 5.26 Å².